The van der Waals surface area contributed by atoms with Crippen molar-refractivity contribution in [3.05, 3.63) is 52.1 Å². The minimum absolute atomic E-state index is 0. The molecule has 2 aromatic rings. The van der Waals surface area contributed by atoms with Gasteiger partial charge in [0.25, 0.3) is 0 Å². The Morgan fingerprint density at radius 1 is 0.886 bits per heavy atom. The van der Waals surface area contributed by atoms with E-state index in [1.54, 1.807) is 41.4 Å². The van der Waals surface area contributed by atoms with Crippen LogP contribution in [-0.2, 0) is 16.1 Å². The molecule has 2 aromatic carbocycles. The van der Waals surface area contributed by atoms with Gasteiger partial charge in [-0.1, -0.05) is 11.6 Å². The lowest BCUT2D eigenvalue weighted by Gasteiger charge is -2.17. The van der Waals surface area contributed by atoms with Crippen molar-refractivity contribution in [2.75, 3.05) is 54.7 Å². The van der Waals surface area contributed by atoms with Crippen LogP contribution in [0.1, 0.15) is 18.1 Å². The van der Waals surface area contributed by atoms with Crippen molar-refractivity contribution < 1.29 is 28.5 Å². The molecule has 0 aliphatic carbocycles. The Kier molecular flexibility index (Phi) is 14.0. The largest absolute Gasteiger partial charge is 0.496 e. The van der Waals surface area contributed by atoms with Crippen molar-refractivity contribution >= 4 is 36.1 Å². The summed E-state index contributed by atoms with van der Waals surface area (Å²) in [7, 11) is 6.41. The van der Waals surface area contributed by atoms with Gasteiger partial charge in [-0.2, -0.15) is 0 Å². The highest BCUT2D eigenvalue weighted by Gasteiger charge is 2.14. The van der Waals surface area contributed by atoms with Crippen LogP contribution in [0.2, 0.25) is 5.02 Å². The molecule has 8 nitrogen and oxygen atoms in total. The smallest absolute Gasteiger partial charge is 0.319 e. The molecule has 35 heavy (non-hydrogen) atoms. The maximum atomic E-state index is 11.7. The Morgan fingerprint density at radius 3 is 2.09 bits per heavy atom. The molecule has 0 amide bonds. The summed E-state index contributed by atoms with van der Waals surface area (Å²) in [6.45, 7) is 3.69. The molecule has 0 spiro atoms. The topological polar surface area (TPSA) is 87.3 Å². The molecule has 0 fully saturated rings. The van der Waals surface area contributed by atoms with E-state index in [0.717, 1.165) is 16.7 Å². The fourth-order valence-electron chi connectivity index (χ4n) is 3.34. The van der Waals surface area contributed by atoms with E-state index < -0.39 is 0 Å². The third kappa shape index (κ3) is 9.49. The highest BCUT2D eigenvalue weighted by molar-refractivity contribution is 6.30. The SMILES string of the molecule is CCOC(=O)CNC/C(=C/c1cc(Cl)ccc1OC)CNCc1c(OC)cc(OC)cc1OC.Cl. The molecule has 0 saturated heterocycles. The van der Waals surface area contributed by atoms with Gasteiger partial charge in [0, 0.05) is 42.4 Å². The van der Waals surface area contributed by atoms with Crippen LogP contribution in [0.15, 0.2) is 35.9 Å². The Labute approximate surface area is 218 Å². The molecule has 0 unspecified atom stereocenters. The van der Waals surface area contributed by atoms with Gasteiger partial charge in [0.1, 0.15) is 23.0 Å². The van der Waals surface area contributed by atoms with Gasteiger partial charge >= 0.3 is 5.97 Å². The first kappa shape index (κ1) is 30.4. The molecule has 0 saturated carbocycles. The van der Waals surface area contributed by atoms with Crippen molar-refractivity contribution in [3.63, 3.8) is 0 Å². The van der Waals surface area contributed by atoms with E-state index in [0.29, 0.717) is 54.3 Å². The number of hydrogen-bond donors (Lipinski definition) is 2. The van der Waals surface area contributed by atoms with Gasteiger partial charge in [0.15, 0.2) is 0 Å². The summed E-state index contributed by atoms with van der Waals surface area (Å²) in [4.78, 5) is 11.7. The zero-order valence-corrected chi connectivity index (χ0v) is 22.3. The Balaban J connectivity index is 0.00000612. The average Bonchev–Trinajstić information content (AvgIpc) is 2.84. The van der Waals surface area contributed by atoms with Crippen LogP contribution in [0.4, 0.5) is 0 Å². The van der Waals surface area contributed by atoms with Crippen LogP contribution in [0.5, 0.6) is 23.0 Å². The third-order valence-corrected chi connectivity index (χ3v) is 5.18. The number of halogens is 2. The van der Waals surface area contributed by atoms with E-state index in [2.05, 4.69) is 10.6 Å². The second-order valence-corrected chi connectivity index (χ2v) is 7.65. The van der Waals surface area contributed by atoms with Gasteiger partial charge in [-0.15, -0.1) is 12.4 Å². The zero-order chi connectivity index (χ0) is 24.9. The van der Waals surface area contributed by atoms with Crippen molar-refractivity contribution in [1.82, 2.24) is 10.6 Å². The van der Waals surface area contributed by atoms with Gasteiger partial charge < -0.3 is 34.3 Å². The number of hydrogen-bond acceptors (Lipinski definition) is 8. The fraction of sp³-hybridized carbons (Fsp3) is 0.400. The first-order valence-corrected chi connectivity index (χ1v) is 11.2. The molecule has 0 aromatic heterocycles. The predicted molar refractivity (Wildman–Crippen MR) is 141 cm³/mol. The number of carbonyl (C=O) groups is 1. The summed E-state index contributed by atoms with van der Waals surface area (Å²) < 4.78 is 26.8. The van der Waals surface area contributed by atoms with E-state index >= 15 is 0 Å². The van der Waals surface area contributed by atoms with E-state index in [1.807, 2.05) is 30.3 Å². The molecule has 0 radical (unpaired) electrons. The first-order chi connectivity index (χ1) is 16.4. The molecule has 2 rings (SSSR count). The number of rotatable bonds is 14. The molecule has 194 valence electrons. The maximum absolute atomic E-state index is 11.7. The van der Waals surface area contributed by atoms with Crippen molar-refractivity contribution in [2.24, 2.45) is 0 Å². The van der Waals surface area contributed by atoms with E-state index in [9.17, 15) is 4.79 Å². The lowest BCUT2D eigenvalue weighted by molar-refractivity contribution is -0.141. The zero-order valence-electron chi connectivity index (χ0n) is 20.7. The average molecular weight is 529 g/mol. The molecule has 0 atom stereocenters. The van der Waals surface area contributed by atoms with Crippen LogP contribution in [-0.4, -0.2) is 60.6 Å². The Morgan fingerprint density at radius 2 is 1.51 bits per heavy atom. The monoisotopic (exact) mass is 528 g/mol. The highest BCUT2D eigenvalue weighted by atomic mass is 35.5. The molecule has 2 N–H and O–H groups in total. The summed E-state index contributed by atoms with van der Waals surface area (Å²) >= 11 is 6.20. The van der Waals surface area contributed by atoms with E-state index in [1.165, 1.54) is 0 Å². The molecule has 0 aliphatic heterocycles. The second-order valence-electron chi connectivity index (χ2n) is 7.21. The molecular weight excluding hydrogens is 495 g/mol. The quantitative estimate of drug-likeness (QED) is 0.354. The van der Waals surface area contributed by atoms with E-state index in [-0.39, 0.29) is 24.9 Å². The van der Waals surface area contributed by atoms with Gasteiger partial charge in [0.05, 0.1) is 47.2 Å². The first-order valence-electron chi connectivity index (χ1n) is 10.8. The molecular formula is C25H34Cl2N2O6. The van der Waals surface area contributed by atoms with Gasteiger partial charge in [-0.25, -0.2) is 0 Å². The normalized spacial score (nSPS) is 10.9. The number of carbonyl (C=O) groups excluding carboxylic acids is 1. The second kappa shape index (κ2) is 16.1. The van der Waals surface area contributed by atoms with Crippen LogP contribution in [0.3, 0.4) is 0 Å². The standard InChI is InChI=1S/C25H33ClN2O6.ClH/c1-6-34-25(29)16-28-14-17(9-18-10-19(26)7-8-22(18)31-3)13-27-15-21-23(32-4)11-20(30-2)12-24(21)33-5;/h7-12,27-28H,6,13-16H2,1-5H3;1H/b17-9+;. The fourth-order valence-corrected chi connectivity index (χ4v) is 3.52. The highest BCUT2D eigenvalue weighted by Crippen LogP contribution is 2.34. The summed E-state index contributed by atoms with van der Waals surface area (Å²) in [5, 5.41) is 7.16. The molecule has 10 heteroatoms. The minimum atomic E-state index is -0.303. The van der Waals surface area contributed by atoms with Gasteiger partial charge in [0.2, 0.25) is 0 Å². The van der Waals surface area contributed by atoms with Crippen LogP contribution in [0, 0.1) is 0 Å². The van der Waals surface area contributed by atoms with E-state index in [4.69, 9.17) is 35.3 Å². The lowest BCUT2D eigenvalue weighted by atomic mass is 10.1. The van der Waals surface area contributed by atoms with Crippen LogP contribution < -0.4 is 29.6 Å². The summed E-state index contributed by atoms with van der Waals surface area (Å²) in [6.07, 6.45) is 1.98. The van der Waals surface area contributed by atoms with Gasteiger partial charge in [-0.3, -0.25) is 4.79 Å². The Hall–Kier alpha value is -2.65. The number of nitrogens with one attached hydrogen (secondary N) is 2. The molecule has 0 heterocycles. The lowest BCUT2D eigenvalue weighted by Crippen LogP contribution is -2.29. The summed E-state index contributed by atoms with van der Waals surface area (Å²) in [5.74, 6) is 2.36. The van der Waals surface area contributed by atoms with Crippen LogP contribution in [0.25, 0.3) is 6.08 Å². The number of benzene rings is 2. The third-order valence-electron chi connectivity index (χ3n) is 4.95. The summed E-state index contributed by atoms with van der Waals surface area (Å²) in [5.41, 5.74) is 2.69. The van der Waals surface area contributed by atoms with Gasteiger partial charge in [-0.05, 0) is 36.8 Å². The number of esters is 1. The number of methoxy groups -OCH3 is 4. The Bertz CT molecular complexity index is 959. The minimum Gasteiger partial charge on any atom is -0.496 e. The maximum Gasteiger partial charge on any atom is 0.319 e. The number of ether oxygens (including phenoxy) is 5. The predicted octanol–water partition coefficient (Wildman–Crippen LogP) is 4.12. The van der Waals surface area contributed by atoms with Crippen molar-refractivity contribution in [3.8, 4) is 23.0 Å². The van der Waals surface area contributed by atoms with Crippen molar-refractivity contribution in [1.29, 1.82) is 0 Å². The van der Waals surface area contributed by atoms with Crippen molar-refractivity contribution in [2.45, 2.75) is 13.5 Å². The molecule has 0 bridgehead atoms. The molecule has 0 aliphatic rings. The summed E-state index contributed by atoms with van der Waals surface area (Å²) in [6, 6.07) is 9.05. The van der Waals surface area contributed by atoms with Crippen LogP contribution >= 0.6 is 24.0 Å².